The average Bonchev–Trinajstić information content (AvgIpc) is 2.91. The Bertz CT molecular complexity index is 1040. The maximum Gasteiger partial charge on any atom is 0.159 e. The third kappa shape index (κ3) is 6.54. The predicted molar refractivity (Wildman–Crippen MR) is 140 cm³/mol. The number of unbranched alkanes of at least 4 members (excludes halogenated alkanes) is 5. The van der Waals surface area contributed by atoms with Crippen LogP contribution in [0, 0.1) is 17.2 Å². The lowest BCUT2D eigenvalue weighted by Crippen LogP contribution is -2.13. The van der Waals surface area contributed by atoms with Crippen molar-refractivity contribution in [2.75, 3.05) is 0 Å². The van der Waals surface area contributed by atoms with Crippen molar-refractivity contribution in [2.45, 2.75) is 83.5 Å². The van der Waals surface area contributed by atoms with Crippen LogP contribution in [0.1, 0.15) is 94.6 Å². The molecule has 176 valence electrons. The number of hydrogen-bond donors (Lipinski definition) is 0. The van der Waals surface area contributed by atoms with Crippen molar-refractivity contribution >= 4 is 0 Å². The SMILES string of the molecule is CCCCCCCCC1CCC(c2ccc(-c3cnc(-c4ccc(C#N)cc4)nc3)cc2)CC1. The highest BCUT2D eigenvalue weighted by molar-refractivity contribution is 5.64. The van der Waals surface area contributed by atoms with E-state index in [1.54, 1.807) is 12.1 Å². The molecule has 0 bridgehead atoms. The van der Waals surface area contributed by atoms with Crippen LogP contribution < -0.4 is 0 Å². The first-order valence-corrected chi connectivity index (χ1v) is 13.2. The van der Waals surface area contributed by atoms with Crippen molar-refractivity contribution in [1.29, 1.82) is 5.26 Å². The Hall–Kier alpha value is -2.99. The maximum absolute atomic E-state index is 8.96. The first-order valence-electron chi connectivity index (χ1n) is 13.2. The lowest BCUT2D eigenvalue weighted by Gasteiger charge is -2.29. The van der Waals surface area contributed by atoms with Gasteiger partial charge in [0.1, 0.15) is 0 Å². The molecule has 4 rings (SSSR count). The van der Waals surface area contributed by atoms with Crippen molar-refractivity contribution < 1.29 is 0 Å². The third-order valence-electron chi connectivity index (χ3n) is 7.45. The van der Waals surface area contributed by atoms with Crippen molar-refractivity contribution in [1.82, 2.24) is 9.97 Å². The molecule has 0 saturated heterocycles. The van der Waals surface area contributed by atoms with Gasteiger partial charge in [0.2, 0.25) is 0 Å². The van der Waals surface area contributed by atoms with Crippen LogP contribution in [-0.2, 0) is 0 Å². The summed E-state index contributed by atoms with van der Waals surface area (Å²) in [7, 11) is 0. The summed E-state index contributed by atoms with van der Waals surface area (Å²) >= 11 is 0. The highest BCUT2D eigenvalue weighted by atomic mass is 14.9. The lowest BCUT2D eigenvalue weighted by molar-refractivity contribution is 0.302. The fraction of sp³-hybridized carbons (Fsp3) is 0.452. The van der Waals surface area contributed by atoms with Gasteiger partial charge < -0.3 is 0 Å². The Morgan fingerprint density at radius 3 is 2.00 bits per heavy atom. The molecule has 1 aromatic heterocycles. The van der Waals surface area contributed by atoms with Crippen molar-refractivity contribution in [3.05, 3.63) is 72.1 Å². The molecule has 1 aliphatic rings. The molecule has 0 atom stereocenters. The van der Waals surface area contributed by atoms with Crippen LogP contribution in [0.5, 0.6) is 0 Å². The minimum Gasteiger partial charge on any atom is -0.236 e. The molecule has 0 radical (unpaired) electrons. The normalized spacial score (nSPS) is 17.9. The van der Waals surface area contributed by atoms with Gasteiger partial charge in [-0.3, -0.25) is 0 Å². The van der Waals surface area contributed by atoms with Gasteiger partial charge in [-0.25, -0.2) is 9.97 Å². The fourth-order valence-corrected chi connectivity index (χ4v) is 5.27. The summed E-state index contributed by atoms with van der Waals surface area (Å²) in [5.74, 6) is 2.35. The maximum atomic E-state index is 8.96. The van der Waals surface area contributed by atoms with E-state index in [9.17, 15) is 0 Å². The molecule has 3 aromatic rings. The number of benzene rings is 2. The Morgan fingerprint density at radius 1 is 0.735 bits per heavy atom. The van der Waals surface area contributed by atoms with Crippen LogP contribution in [0.3, 0.4) is 0 Å². The zero-order valence-electron chi connectivity index (χ0n) is 20.5. The van der Waals surface area contributed by atoms with Crippen molar-refractivity contribution in [2.24, 2.45) is 5.92 Å². The molecule has 1 fully saturated rings. The zero-order valence-corrected chi connectivity index (χ0v) is 20.5. The minimum absolute atomic E-state index is 0.645. The summed E-state index contributed by atoms with van der Waals surface area (Å²) < 4.78 is 0. The summed E-state index contributed by atoms with van der Waals surface area (Å²) in [6, 6.07) is 18.6. The topological polar surface area (TPSA) is 49.6 Å². The van der Waals surface area contributed by atoms with Crippen molar-refractivity contribution in [3.8, 4) is 28.6 Å². The van der Waals surface area contributed by atoms with E-state index in [1.807, 2.05) is 24.5 Å². The van der Waals surface area contributed by atoms with E-state index < -0.39 is 0 Å². The second-order valence-electron chi connectivity index (χ2n) is 9.88. The van der Waals surface area contributed by atoms with Gasteiger partial charge in [-0.1, -0.05) is 76.1 Å². The Labute approximate surface area is 205 Å². The number of nitriles is 1. The highest BCUT2D eigenvalue weighted by Crippen LogP contribution is 2.38. The largest absolute Gasteiger partial charge is 0.236 e. The standard InChI is InChI=1S/C31H37N3/c1-2-3-4-5-6-7-8-24-9-13-26(14-10-24)27-17-19-28(20-18-27)30-22-33-31(34-23-30)29-15-11-25(21-32)12-16-29/h11-12,15-20,22-24,26H,2-10,13-14H2,1H3. The van der Waals surface area contributed by atoms with Gasteiger partial charge >= 0.3 is 0 Å². The molecule has 34 heavy (non-hydrogen) atoms. The van der Waals surface area contributed by atoms with E-state index in [0.717, 1.165) is 22.6 Å². The fourth-order valence-electron chi connectivity index (χ4n) is 5.27. The number of hydrogen-bond acceptors (Lipinski definition) is 3. The smallest absolute Gasteiger partial charge is 0.159 e. The quantitative estimate of drug-likeness (QED) is 0.290. The molecule has 2 aromatic carbocycles. The van der Waals surface area contributed by atoms with E-state index in [-0.39, 0.29) is 0 Å². The Morgan fingerprint density at radius 2 is 1.35 bits per heavy atom. The second kappa shape index (κ2) is 12.5. The Kier molecular flexibility index (Phi) is 8.85. The Balaban J connectivity index is 1.27. The van der Waals surface area contributed by atoms with Crippen LogP contribution in [-0.4, -0.2) is 9.97 Å². The molecule has 1 saturated carbocycles. The molecule has 1 aliphatic carbocycles. The van der Waals surface area contributed by atoms with Crippen LogP contribution in [0.15, 0.2) is 60.9 Å². The van der Waals surface area contributed by atoms with E-state index in [0.29, 0.717) is 17.3 Å². The summed E-state index contributed by atoms with van der Waals surface area (Å²) in [6.07, 6.45) is 19.1. The summed E-state index contributed by atoms with van der Waals surface area (Å²) in [4.78, 5) is 9.11. The molecule has 0 unspecified atom stereocenters. The molecule has 0 spiro atoms. The van der Waals surface area contributed by atoms with Crippen LogP contribution >= 0.6 is 0 Å². The van der Waals surface area contributed by atoms with Crippen LogP contribution in [0.2, 0.25) is 0 Å². The molecule has 3 nitrogen and oxygen atoms in total. The summed E-state index contributed by atoms with van der Waals surface area (Å²) in [6.45, 7) is 2.29. The number of nitrogens with zero attached hydrogens (tertiary/aromatic N) is 3. The predicted octanol–water partition coefficient (Wildman–Crippen LogP) is 8.71. The van der Waals surface area contributed by atoms with Gasteiger partial charge in [-0.05, 0) is 72.9 Å². The van der Waals surface area contributed by atoms with E-state index >= 15 is 0 Å². The summed E-state index contributed by atoms with van der Waals surface area (Å²) in [5.41, 5.74) is 5.25. The highest BCUT2D eigenvalue weighted by Gasteiger charge is 2.22. The van der Waals surface area contributed by atoms with E-state index in [1.165, 1.54) is 76.2 Å². The molecular weight excluding hydrogens is 414 g/mol. The zero-order chi connectivity index (χ0) is 23.6. The third-order valence-corrected chi connectivity index (χ3v) is 7.45. The van der Waals surface area contributed by atoms with Gasteiger partial charge in [-0.2, -0.15) is 5.26 Å². The second-order valence-corrected chi connectivity index (χ2v) is 9.88. The number of rotatable bonds is 10. The minimum atomic E-state index is 0.645. The van der Waals surface area contributed by atoms with Gasteiger partial charge in [0, 0.05) is 23.5 Å². The van der Waals surface area contributed by atoms with Crippen molar-refractivity contribution in [3.63, 3.8) is 0 Å². The molecule has 0 N–H and O–H groups in total. The molecule has 3 heteroatoms. The molecular formula is C31H37N3. The van der Waals surface area contributed by atoms with E-state index in [2.05, 4.69) is 47.2 Å². The lowest BCUT2D eigenvalue weighted by atomic mass is 9.77. The summed E-state index contributed by atoms with van der Waals surface area (Å²) in [5, 5.41) is 8.96. The monoisotopic (exact) mass is 451 g/mol. The van der Waals surface area contributed by atoms with Crippen LogP contribution in [0.25, 0.3) is 22.5 Å². The van der Waals surface area contributed by atoms with Gasteiger partial charge in [-0.15, -0.1) is 0 Å². The van der Waals surface area contributed by atoms with Gasteiger partial charge in [0.15, 0.2) is 5.82 Å². The van der Waals surface area contributed by atoms with E-state index in [4.69, 9.17) is 5.26 Å². The molecule has 0 aliphatic heterocycles. The molecule has 0 amide bonds. The average molecular weight is 452 g/mol. The van der Waals surface area contributed by atoms with Gasteiger partial charge in [0.25, 0.3) is 0 Å². The first kappa shape index (κ1) is 24.1. The molecule has 1 heterocycles. The van der Waals surface area contributed by atoms with Gasteiger partial charge in [0.05, 0.1) is 11.6 Å². The first-order chi connectivity index (χ1) is 16.8. The number of aromatic nitrogens is 2. The van der Waals surface area contributed by atoms with Crippen LogP contribution in [0.4, 0.5) is 0 Å².